The van der Waals surface area contributed by atoms with E-state index in [0.717, 1.165) is 11.1 Å². The van der Waals surface area contributed by atoms with Gasteiger partial charge in [0.2, 0.25) is 10.0 Å². The van der Waals surface area contributed by atoms with Crippen molar-refractivity contribution in [2.75, 3.05) is 32.7 Å². The number of amides is 2. The number of carbonyl (C=O) groups is 1. The van der Waals surface area contributed by atoms with Gasteiger partial charge in [-0.15, -0.1) is 0 Å². The minimum atomic E-state index is -3.52. The van der Waals surface area contributed by atoms with Crippen LogP contribution >= 0.6 is 0 Å². The molecule has 0 radical (unpaired) electrons. The van der Waals surface area contributed by atoms with Crippen LogP contribution in [0.15, 0.2) is 23.1 Å². The van der Waals surface area contributed by atoms with E-state index in [-0.39, 0.29) is 11.4 Å². The van der Waals surface area contributed by atoms with Gasteiger partial charge in [0, 0.05) is 32.7 Å². The first-order chi connectivity index (χ1) is 11.5. The van der Waals surface area contributed by atoms with E-state index in [0.29, 0.717) is 37.6 Å². The number of carbonyl (C=O) groups excluding carboxylic acids is 1. The van der Waals surface area contributed by atoms with Gasteiger partial charge in [0.05, 0.1) is 4.90 Å². The van der Waals surface area contributed by atoms with Crippen LogP contribution in [0, 0.1) is 19.3 Å². The highest BCUT2D eigenvalue weighted by Gasteiger charge is 2.31. The predicted molar refractivity (Wildman–Crippen MR) is 99.1 cm³/mol. The second-order valence-corrected chi connectivity index (χ2v) is 9.79. The summed E-state index contributed by atoms with van der Waals surface area (Å²) >= 11 is 0. The second-order valence-electron chi connectivity index (χ2n) is 7.88. The number of rotatable bonds is 3. The largest absolute Gasteiger partial charge is 0.337 e. The van der Waals surface area contributed by atoms with Crippen LogP contribution < -0.4 is 5.32 Å². The summed E-state index contributed by atoms with van der Waals surface area (Å²) in [4.78, 5) is 14.2. The molecule has 1 aliphatic rings. The summed E-state index contributed by atoms with van der Waals surface area (Å²) in [6.45, 7) is 12.0. The molecular formula is C18H29N3O3S. The minimum absolute atomic E-state index is 0.0176. The molecule has 6 nitrogen and oxygen atoms in total. The van der Waals surface area contributed by atoms with Gasteiger partial charge in [0.1, 0.15) is 0 Å². The van der Waals surface area contributed by atoms with Crippen LogP contribution in [0.4, 0.5) is 4.79 Å². The molecule has 0 atom stereocenters. The molecule has 1 aliphatic heterocycles. The van der Waals surface area contributed by atoms with Crippen molar-refractivity contribution in [3.05, 3.63) is 29.3 Å². The molecule has 1 aromatic rings. The Labute approximate surface area is 151 Å². The molecule has 0 unspecified atom stereocenters. The topological polar surface area (TPSA) is 69.7 Å². The van der Waals surface area contributed by atoms with Crippen molar-refractivity contribution in [1.29, 1.82) is 0 Å². The molecule has 0 spiro atoms. The van der Waals surface area contributed by atoms with Crippen molar-refractivity contribution in [2.45, 2.75) is 39.5 Å². The number of nitrogens with zero attached hydrogens (tertiary/aromatic N) is 2. The molecule has 0 saturated carbocycles. The van der Waals surface area contributed by atoms with E-state index in [1.165, 1.54) is 4.31 Å². The maximum Gasteiger partial charge on any atom is 0.317 e. The summed E-state index contributed by atoms with van der Waals surface area (Å²) in [7, 11) is -3.52. The molecule has 0 bridgehead atoms. The van der Waals surface area contributed by atoms with Crippen molar-refractivity contribution in [3.63, 3.8) is 0 Å². The van der Waals surface area contributed by atoms with E-state index >= 15 is 0 Å². The number of nitrogens with one attached hydrogen (secondary N) is 1. The summed E-state index contributed by atoms with van der Waals surface area (Å²) in [5, 5.41) is 2.91. The molecule has 1 heterocycles. The maximum atomic E-state index is 12.9. The zero-order chi connectivity index (χ0) is 18.8. The number of piperazine rings is 1. The molecule has 0 aliphatic carbocycles. The lowest BCUT2D eigenvalue weighted by molar-refractivity contribution is 0.169. The summed E-state index contributed by atoms with van der Waals surface area (Å²) in [5.41, 5.74) is 1.81. The van der Waals surface area contributed by atoms with E-state index in [2.05, 4.69) is 26.1 Å². The molecule has 1 fully saturated rings. The maximum absolute atomic E-state index is 12.9. The smallest absolute Gasteiger partial charge is 0.317 e. The Morgan fingerprint density at radius 1 is 1.12 bits per heavy atom. The lowest BCUT2D eigenvalue weighted by Crippen LogP contribution is -2.53. The molecule has 140 valence electrons. The van der Waals surface area contributed by atoms with Gasteiger partial charge in [-0.1, -0.05) is 38.5 Å². The van der Waals surface area contributed by atoms with E-state index < -0.39 is 10.0 Å². The fraction of sp³-hybridized carbons (Fsp3) is 0.611. The molecular weight excluding hydrogens is 338 g/mol. The van der Waals surface area contributed by atoms with Crippen LogP contribution in [0.1, 0.15) is 31.9 Å². The number of sulfonamides is 1. The minimum Gasteiger partial charge on any atom is -0.337 e. The van der Waals surface area contributed by atoms with Crippen LogP contribution in [0.3, 0.4) is 0 Å². The quantitative estimate of drug-likeness (QED) is 0.892. The van der Waals surface area contributed by atoms with Crippen LogP contribution in [0.5, 0.6) is 0 Å². The van der Waals surface area contributed by atoms with E-state index in [1.807, 2.05) is 26.0 Å². The number of urea groups is 1. The standard InChI is InChI=1S/C18H29N3O3S/c1-14-6-7-16(15(2)12-14)25(23,24)21-10-8-20(9-11-21)17(22)19-13-18(3,4)5/h6-7,12H,8-11,13H2,1-5H3,(H,19,22). The van der Waals surface area contributed by atoms with Gasteiger partial charge < -0.3 is 10.2 Å². The predicted octanol–water partition coefficient (Wildman–Crippen LogP) is 2.37. The zero-order valence-electron chi connectivity index (χ0n) is 15.8. The summed E-state index contributed by atoms with van der Waals surface area (Å²) in [6.07, 6.45) is 0. The molecule has 2 amide bonds. The SMILES string of the molecule is Cc1ccc(S(=O)(=O)N2CCN(C(=O)NCC(C)(C)C)CC2)c(C)c1. The number of hydrogen-bond acceptors (Lipinski definition) is 3. The van der Waals surface area contributed by atoms with E-state index in [4.69, 9.17) is 0 Å². The fourth-order valence-electron chi connectivity index (χ4n) is 2.81. The third-order valence-corrected chi connectivity index (χ3v) is 6.30. The highest BCUT2D eigenvalue weighted by Crippen LogP contribution is 2.22. The zero-order valence-corrected chi connectivity index (χ0v) is 16.6. The van der Waals surface area contributed by atoms with E-state index in [1.54, 1.807) is 11.0 Å². The van der Waals surface area contributed by atoms with Crippen molar-refractivity contribution in [3.8, 4) is 0 Å². The molecule has 25 heavy (non-hydrogen) atoms. The third-order valence-electron chi connectivity index (χ3n) is 4.24. The van der Waals surface area contributed by atoms with Crippen LogP contribution in [-0.2, 0) is 10.0 Å². The van der Waals surface area contributed by atoms with Crippen LogP contribution in [-0.4, -0.2) is 56.4 Å². The van der Waals surface area contributed by atoms with E-state index in [9.17, 15) is 13.2 Å². The Morgan fingerprint density at radius 3 is 2.24 bits per heavy atom. The summed E-state index contributed by atoms with van der Waals surface area (Å²) in [5.74, 6) is 0. The Bertz CT molecular complexity index is 730. The van der Waals surface area contributed by atoms with Crippen molar-refractivity contribution in [2.24, 2.45) is 5.41 Å². The van der Waals surface area contributed by atoms with Crippen molar-refractivity contribution < 1.29 is 13.2 Å². The van der Waals surface area contributed by atoms with Crippen LogP contribution in [0.2, 0.25) is 0 Å². The van der Waals surface area contributed by atoms with Crippen molar-refractivity contribution >= 4 is 16.1 Å². The Morgan fingerprint density at radius 2 is 1.72 bits per heavy atom. The average Bonchev–Trinajstić information content (AvgIpc) is 2.51. The highest BCUT2D eigenvalue weighted by atomic mass is 32.2. The van der Waals surface area contributed by atoms with Crippen LogP contribution in [0.25, 0.3) is 0 Å². The molecule has 1 N–H and O–H groups in total. The third kappa shape index (κ3) is 4.95. The Balaban J connectivity index is 2.00. The fourth-order valence-corrected chi connectivity index (χ4v) is 4.44. The molecule has 1 saturated heterocycles. The molecule has 7 heteroatoms. The molecule has 0 aromatic heterocycles. The van der Waals surface area contributed by atoms with Gasteiger partial charge in [0.15, 0.2) is 0 Å². The number of aryl methyl sites for hydroxylation is 2. The average molecular weight is 368 g/mol. The van der Waals surface area contributed by atoms with Crippen molar-refractivity contribution in [1.82, 2.24) is 14.5 Å². The summed E-state index contributed by atoms with van der Waals surface area (Å²) in [6, 6.07) is 5.24. The number of hydrogen-bond donors (Lipinski definition) is 1. The van der Waals surface area contributed by atoms with Gasteiger partial charge >= 0.3 is 6.03 Å². The highest BCUT2D eigenvalue weighted by molar-refractivity contribution is 7.89. The molecule has 2 rings (SSSR count). The van der Waals surface area contributed by atoms with Gasteiger partial charge in [-0.2, -0.15) is 4.31 Å². The molecule has 1 aromatic carbocycles. The first kappa shape index (κ1) is 19.7. The summed E-state index contributed by atoms with van der Waals surface area (Å²) < 4.78 is 27.2. The van der Waals surface area contributed by atoms with Gasteiger partial charge in [0.25, 0.3) is 0 Å². The Kier molecular flexibility index (Phi) is 5.79. The second kappa shape index (κ2) is 7.33. The normalized spacial score (nSPS) is 16.8. The van der Waals surface area contributed by atoms with Gasteiger partial charge in [-0.05, 0) is 30.9 Å². The first-order valence-corrected chi connectivity index (χ1v) is 10.0. The lowest BCUT2D eigenvalue weighted by atomic mass is 9.97. The monoisotopic (exact) mass is 367 g/mol. The first-order valence-electron chi connectivity index (χ1n) is 8.61. The lowest BCUT2D eigenvalue weighted by Gasteiger charge is -2.34. The Hall–Kier alpha value is -1.60. The van der Waals surface area contributed by atoms with Gasteiger partial charge in [-0.25, -0.2) is 13.2 Å². The van der Waals surface area contributed by atoms with Gasteiger partial charge in [-0.3, -0.25) is 0 Å². The number of benzene rings is 1.